The standard InChI is InChI=1S/C43H54F3N3O4/c1-25(2)17-38(49-24-35(36(22-39(49)50)43(44,45)46)29-13-15-48(16-14-29)32-10-6-7-11-32)42(53)47-37(23-40(51)52)31-20-30-9-8-12-33(30)34(21-31)41-27(4)18-26(3)19-28(41)5/h18-22,24-25,29,32,37-38H,6-17,23H2,1-5H3,(H,47,53)(H,51,52)/t37-,38-/m0/s1. The van der Waals surface area contributed by atoms with Crippen LogP contribution in [-0.4, -0.2) is 45.6 Å². The fraction of sp³-hybridized carbons (Fsp3) is 0.558. The van der Waals surface area contributed by atoms with Crippen LogP contribution in [0.15, 0.2) is 41.3 Å². The number of pyridine rings is 1. The van der Waals surface area contributed by atoms with Crippen molar-refractivity contribution in [1.29, 1.82) is 0 Å². The molecular weight excluding hydrogens is 679 g/mol. The number of rotatable bonds is 11. The summed E-state index contributed by atoms with van der Waals surface area (Å²) in [5, 5.41) is 13.0. The maximum atomic E-state index is 14.5. The molecule has 6 rings (SSSR count). The van der Waals surface area contributed by atoms with Crippen molar-refractivity contribution in [2.75, 3.05) is 13.1 Å². The molecular formula is C43H54F3N3O4. The summed E-state index contributed by atoms with van der Waals surface area (Å²) in [7, 11) is 0. The number of hydrogen-bond donors (Lipinski definition) is 2. The van der Waals surface area contributed by atoms with Crippen molar-refractivity contribution in [3.05, 3.63) is 91.4 Å². The number of carboxylic acids is 1. The van der Waals surface area contributed by atoms with E-state index in [-0.39, 0.29) is 17.9 Å². The maximum Gasteiger partial charge on any atom is 0.416 e. The summed E-state index contributed by atoms with van der Waals surface area (Å²) in [5.41, 5.74) is 6.78. The van der Waals surface area contributed by atoms with Crippen LogP contribution in [-0.2, 0) is 28.6 Å². The largest absolute Gasteiger partial charge is 0.481 e. The molecule has 3 aliphatic rings. The number of hydrogen-bond acceptors (Lipinski definition) is 4. The number of piperidine rings is 1. The van der Waals surface area contributed by atoms with Gasteiger partial charge in [0, 0.05) is 18.3 Å². The molecule has 2 aliphatic carbocycles. The molecule has 2 heterocycles. The number of aromatic nitrogens is 1. The fourth-order valence-corrected chi connectivity index (χ4v) is 9.47. The lowest BCUT2D eigenvalue weighted by Gasteiger charge is -2.37. The van der Waals surface area contributed by atoms with Crippen LogP contribution in [0.5, 0.6) is 0 Å². The van der Waals surface area contributed by atoms with Gasteiger partial charge in [-0.15, -0.1) is 0 Å². The lowest BCUT2D eigenvalue weighted by atomic mass is 9.86. The van der Waals surface area contributed by atoms with Gasteiger partial charge in [0.1, 0.15) is 6.04 Å². The molecule has 2 N–H and O–H groups in total. The van der Waals surface area contributed by atoms with Crippen LogP contribution in [0, 0.1) is 26.7 Å². The molecule has 286 valence electrons. The van der Waals surface area contributed by atoms with E-state index in [2.05, 4.69) is 43.1 Å². The number of likely N-dealkylation sites (tertiary alicyclic amines) is 1. The molecule has 1 aliphatic heterocycles. The van der Waals surface area contributed by atoms with Crippen LogP contribution in [0.25, 0.3) is 11.1 Å². The number of carbonyl (C=O) groups is 2. The van der Waals surface area contributed by atoms with Gasteiger partial charge in [0.15, 0.2) is 0 Å². The van der Waals surface area contributed by atoms with E-state index in [9.17, 15) is 32.7 Å². The molecule has 0 bridgehead atoms. The lowest BCUT2D eigenvalue weighted by molar-refractivity contribution is -0.139. The zero-order valence-electron chi connectivity index (χ0n) is 31.7. The third-order valence-corrected chi connectivity index (χ3v) is 11.8. The third-order valence-electron chi connectivity index (χ3n) is 11.8. The van der Waals surface area contributed by atoms with E-state index in [0.717, 1.165) is 65.5 Å². The number of alkyl halides is 3. The highest BCUT2D eigenvalue weighted by Crippen LogP contribution is 2.41. The highest BCUT2D eigenvalue weighted by atomic mass is 19.4. The summed E-state index contributed by atoms with van der Waals surface area (Å²) in [4.78, 5) is 42.7. The summed E-state index contributed by atoms with van der Waals surface area (Å²) >= 11 is 0. The fourth-order valence-electron chi connectivity index (χ4n) is 9.47. The number of halogens is 3. The average molecular weight is 734 g/mol. The van der Waals surface area contributed by atoms with Crippen molar-refractivity contribution in [3.63, 3.8) is 0 Å². The second-order valence-corrected chi connectivity index (χ2v) is 16.3. The second kappa shape index (κ2) is 15.8. The van der Waals surface area contributed by atoms with E-state index in [1.165, 1.54) is 29.2 Å². The van der Waals surface area contributed by atoms with E-state index in [1.54, 1.807) is 0 Å². The predicted octanol–water partition coefficient (Wildman–Crippen LogP) is 8.99. The van der Waals surface area contributed by atoms with E-state index < -0.39 is 53.6 Å². The molecule has 1 amide bonds. The van der Waals surface area contributed by atoms with Gasteiger partial charge in [0.05, 0.1) is 18.0 Å². The van der Waals surface area contributed by atoms with E-state index in [0.29, 0.717) is 43.6 Å². The number of benzene rings is 2. The maximum absolute atomic E-state index is 14.5. The van der Waals surface area contributed by atoms with Crippen LogP contribution >= 0.6 is 0 Å². The van der Waals surface area contributed by atoms with Gasteiger partial charge in [-0.25, -0.2) is 0 Å². The van der Waals surface area contributed by atoms with Crippen molar-refractivity contribution in [3.8, 4) is 11.1 Å². The Kier molecular flexibility index (Phi) is 11.6. The summed E-state index contributed by atoms with van der Waals surface area (Å²) in [6, 6.07) is 7.36. The topological polar surface area (TPSA) is 91.6 Å². The lowest BCUT2D eigenvalue weighted by Crippen LogP contribution is -2.42. The molecule has 0 spiro atoms. The second-order valence-electron chi connectivity index (χ2n) is 16.3. The van der Waals surface area contributed by atoms with Crippen LogP contribution in [0.1, 0.15) is 134 Å². The Bertz CT molecular complexity index is 1880. The highest BCUT2D eigenvalue weighted by molar-refractivity contribution is 5.82. The molecule has 0 radical (unpaired) electrons. The SMILES string of the molecule is Cc1cc(C)c(-c2cc([C@H](CC(=O)O)NC(=O)[C@H](CC(C)C)n3cc(C4CCN(C5CCCC5)CC4)c(C(F)(F)F)cc3=O)cc3c2CCC3)c(C)c1. The van der Waals surface area contributed by atoms with E-state index in [4.69, 9.17) is 0 Å². The number of amides is 1. The van der Waals surface area contributed by atoms with Gasteiger partial charge >= 0.3 is 12.1 Å². The Balaban J connectivity index is 1.36. The minimum atomic E-state index is -4.72. The van der Waals surface area contributed by atoms with Gasteiger partial charge in [0.2, 0.25) is 5.91 Å². The summed E-state index contributed by atoms with van der Waals surface area (Å²) in [6.45, 7) is 11.4. The van der Waals surface area contributed by atoms with Crippen molar-refractivity contribution in [1.82, 2.24) is 14.8 Å². The molecule has 2 fully saturated rings. The molecule has 10 heteroatoms. The summed E-state index contributed by atoms with van der Waals surface area (Å²) in [6.07, 6.45) is 4.77. The monoisotopic (exact) mass is 733 g/mol. The zero-order valence-corrected chi connectivity index (χ0v) is 31.7. The normalized spacial score (nSPS) is 18.4. The van der Waals surface area contributed by atoms with Crippen molar-refractivity contribution in [2.24, 2.45) is 5.92 Å². The Morgan fingerprint density at radius 2 is 1.58 bits per heavy atom. The molecule has 7 nitrogen and oxygen atoms in total. The van der Waals surface area contributed by atoms with Crippen LogP contribution < -0.4 is 10.9 Å². The van der Waals surface area contributed by atoms with Gasteiger partial charge in [-0.1, -0.05) is 50.5 Å². The molecule has 3 aromatic rings. The molecule has 2 atom stereocenters. The molecule has 1 saturated carbocycles. The highest BCUT2D eigenvalue weighted by Gasteiger charge is 2.39. The molecule has 1 saturated heterocycles. The molecule has 1 aromatic heterocycles. The Morgan fingerprint density at radius 3 is 2.19 bits per heavy atom. The average Bonchev–Trinajstić information content (AvgIpc) is 3.79. The van der Waals surface area contributed by atoms with Crippen molar-refractivity contribution in [2.45, 2.75) is 135 Å². The van der Waals surface area contributed by atoms with Crippen molar-refractivity contribution < 1.29 is 27.9 Å². The summed E-state index contributed by atoms with van der Waals surface area (Å²) < 4.78 is 44.7. The van der Waals surface area contributed by atoms with Crippen molar-refractivity contribution >= 4 is 11.9 Å². The first-order valence-electron chi connectivity index (χ1n) is 19.4. The van der Waals surface area contributed by atoms with E-state index in [1.807, 2.05) is 26.0 Å². The minimum absolute atomic E-state index is 0.0546. The Labute approximate surface area is 311 Å². The quantitative estimate of drug-likeness (QED) is 0.205. The first kappa shape index (κ1) is 38.8. The summed E-state index contributed by atoms with van der Waals surface area (Å²) in [5.74, 6) is -2.18. The van der Waals surface area contributed by atoms with Crippen LogP contribution in [0.3, 0.4) is 0 Å². The number of fused-ring (bicyclic) bond motifs is 1. The first-order chi connectivity index (χ1) is 25.1. The number of aliphatic carboxylic acids is 1. The number of carboxylic acid groups (broad SMARTS) is 1. The molecule has 0 unspecified atom stereocenters. The Hall–Kier alpha value is -3.92. The van der Waals surface area contributed by atoms with Crippen LogP contribution in [0.2, 0.25) is 0 Å². The predicted molar refractivity (Wildman–Crippen MR) is 201 cm³/mol. The van der Waals surface area contributed by atoms with Gasteiger partial charge in [-0.05, 0) is 148 Å². The smallest absolute Gasteiger partial charge is 0.416 e. The van der Waals surface area contributed by atoms with Gasteiger partial charge in [-0.3, -0.25) is 14.4 Å². The zero-order chi connectivity index (χ0) is 38.2. The van der Waals surface area contributed by atoms with Crippen LogP contribution in [0.4, 0.5) is 13.2 Å². The van der Waals surface area contributed by atoms with Gasteiger partial charge in [0.25, 0.3) is 5.56 Å². The molecule has 2 aromatic carbocycles. The Morgan fingerprint density at radius 1 is 0.925 bits per heavy atom. The molecule has 53 heavy (non-hydrogen) atoms. The number of carbonyl (C=O) groups excluding carboxylic acids is 1. The minimum Gasteiger partial charge on any atom is -0.481 e. The number of aryl methyl sites for hydroxylation is 4. The number of nitrogens with one attached hydrogen (secondary N) is 1. The van der Waals surface area contributed by atoms with Gasteiger partial charge in [-0.2, -0.15) is 13.2 Å². The third kappa shape index (κ3) is 8.58. The van der Waals surface area contributed by atoms with Gasteiger partial charge < -0.3 is 19.9 Å². The first-order valence-corrected chi connectivity index (χ1v) is 19.4. The van der Waals surface area contributed by atoms with E-state index >= 15 is 0 Å². The number of nitrogens with zero attached hydrogens (tertiary/aromatic N) is 2.